The molecule has 4 radical (unpaired) electrons. The minimum absolute atomic E-state index is 0. The maximum atomic E-state index is 9.46. The van der Waals surface area contributed by atoms with Crippen molar-refractivity contribution in [1.82, 2.24) is 0 Å². The van der Waals surface area contributed by atoms with Crippen LogP contribution in [0.2, 0.25) is 0 Å². The van der Waals surface area contributed by atoms with Gasteiger partial charge in [-0.05, 0) is 23.6 Å². The van der Waals surface area contributed by atoms with Crippen LogP contribution in [0.1, 0.15) is 26.3 Å². The average molecular weight is 373 g/mol. The summed E-state index contributed by atoms with van der Waals surface area (Å²) in [6.07, 6.45) is 0. The molecule has 0 bridgehead atoms. The largest absolute Gasteiger partial charge is 0.508 e. The van der Waals surface area contributed by atoms with Crippen molar-refractivity contribution in [3.8, 4) is 11.5 Å². The van der Waals surface area contributed by atoms with Crippen molar-refractivity contribution >= 4 is 27.3 Å². The van der Waals surface area contributed by atoms with Gasteiger partial charge in [-0.2, -0.15) is 0 Å². The first-order chi connectivity index (χ1) is 5.41. The SMILES string of the molecule is CC(C)(C)c1cc(O)ccc1O.[Pb]. The van der Waals surface area contributed by atoms with Crippen LogP contribution < -0.4 is 0 Å². The fourth-order valence-corrected chi connectivity index (χ4v) is 1.12. The Labute approximate surface area is 98.8 Å². The third-order valence-corrected chi connectivity index (χ3v) is 1.79. The fraction of sp³-hybridized carbons (Fsp3) is 0.400. The van der Waals surface area contributed by atoms with Crippen molar-refractivity contribution in [2.45, 2.75) is 26.2 Å². The Kier molecular flexibility index (Phi) is 4.22. The Morgan fingerprint density at radius 2 is 1.62 bits per heavy atom. The number of hydrogen-bond acceptors (Lipinski definition) is 2. The van der Waals surface area contributed by atoms with Gasteiger partial charge in [-0.3, -0.25) is 0 Å². The number of rotatable bonds is 0. The molecule has 70 valence electrons. The van der Waals surface area contributed by atoms with E-state index in [-0.39, 0.29) is 44.2 Å². The standard InChI is InChI=1S/C10H14O2.Pb/c1-10(2,3)8-6-7(11)4-5-9(8)12;/h4-6,11-12H,1-3H3;. The topological polar surface area (TPSA) is 40.5 Å². The predicted molar refractivity (Wildman–Crippen MR) is 54.2 cm³/mol. The Balaban J connectivity index is 0.00000144. The molecule has 0 aliphatic carbocycles. The molecule has 0 fully saturated rings. The zero-order valence-corrected chi connectivity index (χ0v) is 12.0. The molecule has 2 N–H and O–H groups in total. The van der Waals surface area contributed by atoms with Gasteiger partial charge in [0.25, 0.3) is 0 Å². The van der Waals surface area contributed by atoms with E-state index in [9.17, 15) is 10.2 Å². The number of hydrogen-bond donors (Lipinski definition) is 2. The van der Waals surface area contributed by atoms with E-state index in [2.05, 4.69) is 0 Å². The molecule has 0 saturated heterocycles. The third kappa shape index (κ3) is 3.17. The Morgan fingerprint density at radius 1 is 1.08 bits per heavy atom. The molecule has 0 saturated carbocycles. The first-order valence-corrected chi connectivity index (χ1v) is 3.94. The molecule has 0 spiro atoms. The molecule has 0 aliphatic rings. The number of aromatic hydroxyl groups is 2. The zero-order chi connectivity index (χ0) is 9.35. The van der Waals surface area contributed by atoms with Crippen LogP contribution in [0.15, 0.2) is 18.2 Å². The Bertz CT molecular complexity index is 289. The summed E-state index contributed by atoms with van der Waals surface area (Å²) in [5, 5.41) is 18.6. The summed E-state index contributed by atoms with van der Waals surface area (Å²) in [7, 11) is 0. The maximum absolute atomic E-state index is 9.46. The van der Waals surface area contributed by atoms with Gasteiger partial charge >= 0.3 is 0 Å². The molecule has 0 unspecified atom stereocenters. The maximum Gasteiger partial charge on any atom is 0.119 e. The monoisotopic (exact) mass is 374 g/mol. The first kappa shape index (κ1) is 12.7. The van der Waals surface area contributed by atoms with Crippen molar-refractivity contribution in [2.24, 2.45) is 0 Å². The molecule has 0 atom stereocenters. The van der Waals surface area contributed by atoms with Crippen LogP contribution in [0.25, 0.3) is 0 Å². The predicted octanol–water partition coefficient (Wildman–Crippen LogP) is 2.01. The molecule has 0 amide bonds. The van der Waals surface area contributed by atoms with Gasteiger partial charge in [0.05, 0.1) is 0 Å². The van der Waals surface area contributed by atoms with Gasteiger partial charge in [0, 0.05) is 32.9 Å². The van der Waals surface area contributed by atoms with Crippen LogP contribution in [0.5, 0.6) is 11.5 Å². The fourth-order valence-electron chi connectivity index (χ4n) is 1.12. The van der Waals surface area contributed by atoms with E-state index in [1.54, 1.807) is 6.07 Å². The van der Waals surface area contributed by atoms with Gasteiger partial charge in [-0.25, -0.2) is 0 Å². The van der Waals surface area contributed by atoms with E-state index in [0.717, 1.165) is 5.56 Å². The molecule has 0 heterocycles. The van der Waals surface area contributed by atoms with Crippen LogP contribution >= 0.6 is 0 Å². The quantitative estimate of drug-likeness (QED) is 0.540. The van der Waals surface area contributed by atoms with E-state index < -0.39 is 0 Å². The van der Waals surface area contributed by atoms with Crippen molar-refractivity contribution in [1.29, 1.82) is 0 Å². The average Bonchev–Trinajstić information content (AvgIpc) is 1.92. The molecule has 1 aromatic rings. The number of phenolic OH excluding ortho intramolecular Hbond substituents is 2. The molecule has 2 nitrogen and oxygen atoms in total. The van der Waals surface area contributed by atoms with Crippen molar-refractivity contribution in [3.05, 3.63) is 23.8 Å². The molecule has 1 aromatic carbocycles. The number of benzene rings is 1. The normalized spacial score (nSPS) is 10.7. The van der Waals surface area contributed by atoms with Crippen LogP contribution in [-0.4, -0.2) is 37.5 Å². The van der Waals surface area contributed by atoms with Gasteiger partial charge in [0.2, 0.25) is 0 Å². The molecular weight excluding hydrogens is 359 g/mol. The molecular formula is C10H14O2Pb. The third-order valence-electron chi connectivity index (χ3n) is 1.79. The minimum Gasteiger partial charge on any atom is -0.508 e. The molecule has 0 aromatic heterocycles. The van der Waals surface area contributed by atoms with Crippen molar-refractivity contribution in [2.75, 3.05) is 0 Å². The summed E-state index contributed by atoms with van der Waals surface area (Å²) >= 11 is 0. The Hall–Kier alpha value is -0.258. The summed E-state index contributed by atoms with van der Waals surface area (Å²) < 4.78 is 0. The zero-order valence-electron chi connectivity index (χ0n) is 8.13. The van der Waals surface area contributed by atoms with Crippen molar-refractivity contribution in [3.63, 3.8) is 0 Å². The summed E-state index contributed by atoms with van der Waals surface area (Å²) in [4.78, 5) is 0. The first-order valence-electron chi connectivity index (χ1n) is 3.94. The number of phenols is 2. The van der Waals surface area contributed by atoms with Gasteiger partial charge < -0.3 is 10.2 Å². The summed E-state index contributed by atoms with van der Waals surface area (Å²) in [5.74, 6) is 0.429. The van der Waals surface area contributed by atoms with E-state index in [0.29, 0.717) is 0 Å². The van der Waals surface area contributed by atoms with Gasteiger partial charge in [-0.1, -0.05) is 20.8 Å². The molecule has 3 heteroatoms. The van der Waals surface area contributed by atoms with Crippen LogP contribution in [-0.2, 0) is 5.41 Å². The summed E-state index contributed by atoms with van der Waals surface area (Å²) in [5.41, 5.74) is 0.630. The Morgan fingerprint density at radius 3 is 2.00 bits per heavy atom. The van der Waals surface area contributed by atoms with Gasteiger partial charge in [-0.15, -0.1) is 0 Å². The minimum atomic E-state index is -0.136. The van der Waals surface area contributed by atoms with Crippen LogP contribution in [0, 0.1) is 0 Å². The molecule has 0 aliphatic heterocycles. The van der Waals surface area contributed by atoms with Gasteiger partial charge in [0.1, 0.15) is 11.5 Å². The summed E-state index contributed by atoms with van der Waals surface area (Å²) in [6, 6.07) is 4.58. The van der Waals surface area contributed by atoms with E-state index in [1.165, 1.54) is 12.1 Å². The van der Waals surface area contributed by atoms with E-state index in [4.69, 9.17) is 0 Å². The van der Waals surface area contributed by atoms with E-state index >= 15 is 0 Å². The second kappa shape index (κ2) is 4.30. The van der Waals surface area contributed by atoms with E-state index in [1.807, 2.05) is 20.8 Å². The molecule has 1 rings (SSSR count). The summed E-state index contributed by atoms with van der Waals surface area (Å²) in [6.45, 7) is 5.96. The van der Waals surface area contributed by atoms with Gasteiger partial charge in [0.15, 0.2) is 0 Å². The molecule has 13 heavy (non-hydrogen) atoms. The van der Waals surface area contributed by atoms with Crippen molar-refractivity contribution < 1.29 is 10.2 Å². The second-order valence-corrected chi connectivity index (χ2v) is 3.95. The van der Waals surface area contributed by atoms with Crippen LogP contribution in [0.4, 0.5) is 0 Å². The van der Waals surface area contributed by atoms with Crippen LogP contribution in [0.3, 0.4) is 0 Å². The second-order valence-electron chi connectivity index (χ2n) is 3.95. The smallest absolute Gasteiger partial charge is 0.119 e.